The van der Waals surface area contributed by atoms with E-state index in [1.165, 1.54) is 25.7 Å². The number of rotatable bonds is 10. The molecule has 0 amide bonds. The maximum absolute atomic E-state index is 5.52. The Kier molecular flexibility index (Phi) is 7.81. The zero-order valence-corrected chi connectivity index (χ0v) is 10.8. The number of unbranched alkanes of at least 4 members (excludes halogenated alkanes) is 1. The molecule has 0 spiro atoms. The van der Waals surface area contributed by atoms with Gasteiger partial charge in [-0.15, -0.1) is 0 Å². The molecule has 0 aromatic rings. The summed E-state index contributed by atoms with van der Waals surface area (Å²) in [4.78, 5) is 0. The van der Waals surface area contributed by atoms with Gasteiger partial charge in [0.25, 0.3) is 0 Å². The van der Waals surface area contributed by atoms with Crippen molar-refractivity contribution in [3.63, 3.8) is 0 Å². The summed E-state index contributed by atoms with van der Waals surface area (Å²) in [7, 11) is 0. The van der Waals surface area contributed by atoms with E-state index in [4.69, 9.17) is 9.47 Å². The van der Waals surface area contributed by atoms with Crippen molar-refractivity contribution < 1.29 is 9.47 Å². The van der Waals surface area contributed by atoms with Crippen LogP contribution in [0, 0.1) is 0 Å². The van der Waals surface area contributed by atoms with E-state index in [-0.39, 0.29) is 0 Å². The molecule has 0 atom stereocenters. The summed E-state index contributed by atoms with van der Waals surface area (Å²) in [6.07, 6.45) is 6.42. The van der Waals surface area contributed by atoms with E-state index >= 15 is 0 Å². The Balaban J connectivity index is 1.76. The van der Waals surface area contributed by atoms with Crippen molar-refractivity contribution in [2.24, 2.45) is 0 Å². The number of hydrogen-bond donors (Lipinski definition) is 1. The van der Waals surface area contributed by atoms with Crippen LogP contribution in [0.25, 0.3) is 0 Å². The molecule has 0 saturated heterocycles. The maximum Gasteiger partial charge on any atom is 0.0604 e. The molecular formula is C13H27NO2. The third kappa shape index (κ3) is 5.83. The molecule has 96 valence electrons. The molecule has 1 N–H and O–H groups in total. The Morgan fingerprint density at radius 2 is 1.88 bits per heavy atom. The molecule has 1 saturated carbocycles. The molecule has 0 heterocycles. The fourth-order valence-electron chi connectivity index (χ4n) is 1.93. The quantitative estimate of drug-likeness (QED) is 0.583. The summed E-state index contributed by atoms with van der Waals surface area (Å²) < 4.78 is 11.0. The molecule has 0 aromatic carbocycles. The van der Waals surface area contributed by atoms with E-state index in [0.29, 0.717) is 12.1 Å². The number of nitrogens with one attached hydrogen (secondary N) is 1. The van der Waals surface area contributed by atoms with Crippen molar-refractivity contribution in [1.82, 2.24) is 5.32 Å². The van der Waals surface area contributed by atoms with Crippen molar-refractivity contribution in [2.45, 2.75) is 58.1 Å². The van der Waals surface area contributed by atoms with Gasteiger partial charge in [-0.3, -0.25) is 0 Å². The molecular weight excluding hydrogens is 202 g/mol. The van der Waals surface area contributed by atoms with Crippen LogP contribution >= 0.6 is 0 Å². The van der Waals surface area contributed by atoms with Gasteiger partial charge in [-0.1, -0.05) is 13.3 Å². The van der Waals surface area contributed by atoms with E-state index < -0.39 is 0 Å². The average molecular weight is 229 g/mol. The maximum atomic E-state index is 5.52. The summed E-state index contributed by atoms with van der Waals surface area (Å²) >= 11 is 0. The highest BCUT2D eigenvalue weighted by molar-refractivity contribution is 4.85. The fourth-order valence-corrected chi connectivity index (χ4v) is 1.93. The first-order valence-electron chi connectivity index (χ1n) is 6.79. The molecule has 0 bridgehead atoms. The first kappa shape index (κ1) is 13.9. The Morgan fingerprint density at radius 3 is 2.56 bits per heavy atom. The van der Waals surface area contributed by atoms with Gasteiger partial charge < -0.3 is 14.8 Å². The largest absolute Gasteiger partial charge is 0.381 e. The first-order chi connectivity index (χ1) is 7.86. The lowest BCUT2D eigenvalue weighted by Gasteiger charge is -2.35. The third-order valence-corrected chi connectivity index (χ3v) is 3.04. The number of ether oxygens (including phenoxy) is 2. The number of hydrogen-bond acceptors (Lipinski definition) is 3. The topological polar surface area (TPSA) is 30.5 Å². The second-order valence-corrected chi connectivity index (χ2v) is 4.52. The SMILES string of the molecule is CCCCOCCCNC1CC(OCC)C1. The highest BCUT2D eigenvalue weighted by Crippen LogP contribution is 2.22. The van der Waals surface area contributed by atoms with E-state index in [2.05, 4.69) is 19.2 Å². The Bertz CT molecular complexity index is 158. The van der Waals surface area contributed by atoms with Crippen molar-refractivity contribution >= 4 is 0 Å². The fraction of sp³-hybridized carbons (Fsp3) is 1.00. The van der Waals surface area contributed by atoms with Crippen molar-refractivity contribution in [3.05, 3.63) is 0 Å². The highest BCUT2D eigenvalue weighted by atomic mass is 16.5. The van der Waals surface area contributed by atoms with E-state index in [1.807, 2.05) is 0 Å². The predicted molar refractivity (Wildman–Crippen MR) is 66.8 cm³/mol. The normalized spacial score (nSPS) is 24.4. The summed E-state index contributed by atoms with van der Waals surface area (Å²) in [5, 5.41) is 3.54. The van der Waals surface area contributed by atoms with E-state index in [0.717, 1.165) is 32.8 Å². The standard InChI is InChI=1S/C13H27NO2/c1-3-5-8-15-9-6-7-14-12-10-13(11-12)16-4-2/h12-14H,3-11H2,1-2H3. The molecule has 0 aliphatic heterocycles. The van der Waals surface area contributed by atoms with Crippen LogP contribution in [0.4, 0.5) is 0 Å². The summed E-state index contributed by atoms with van der Waals surface area (Å²) in [5.41, 5.74) is 0. The second-order valence-electron chi connectivity index (χ2n) is 4.52. The van der Waals surface area contributed by atoms with Gasteiger partial charge in [0.1, 0.15) is 0 Å². The van der Waals surface area contributed by atoms with Crippen LogP contribution in [0.15, 0.2) is 0 Å². The van der Waals surface area contributed by atoms with Crippen LogP contribution in [0.1, 0.15) is 46.0 Å². The minimum atomic E-state index is 0.517. The van der Waals surface area contributed by atoms with Gasteiger partial charge in [0.2, 0.25) is 0 Å². The summed E-state index contributed by atoms with van der Waals surface area (Å²) in [6, 6.07) is 0.687. The third-order valence-electron chi connectivity index (χ3n) is 3.04. The summed E-state index contributed by atoms with van der Waals surface area (Å²) in [6.45, 7) is 8.00. The van der Waals surface area contributed by atoms with Crippen LogP contribution in [-0.2, 0) is 9.47 Å². The lowest BCUT2D eigenvalue weighted by Crippen LogP contribution is -2.45. The average Bonchev–Trinajstić information content (AvgIpc) is 2.24. The van der Waals surface area contributed by atoms with E-state index in [9.17, 15) is 0 Å². The molecule has 0 aromatic heterocycles. The second kappa shape index (κ2) is 8.97. The molecule has 1 rings (SSSR count). The van der Waals surface area contributed by atoms with Crippen LogP contribution in [0.3, 0.4) is 0 Å². The van der Waals surface area contributed by atoms with Gasteiger partial charge in [-0.25, -0.2) is 0 Å². The molecule has 1 aliphatic carbocycles. The first-order valence-corrected chi connectivity index (χ1v) is 6.79. The highest BCUT2D eigenvalue weighted by Gasteiger charge is 2.28. The molecule has 0 unspecified atom stereocenters. The van der Waals surface area contributed by atoms with Gasteiger partial charge in [0.15, 0.2) is 0 Å². The van der Waals surface area contributed by atoms with Crippen LogP contribution < -0.4 is 5.32 Å². The Labute approximate surface area is 99.9 Å². The zero-order valence-electron chi connectivity index (χ0n) is 10.8. The van der Waals surface area contributed by atoms with Gasteiger partial charge in [0.05, 0.1) is 6.10 Å². The van der Waals surface area contributed by atoms with Crippen LogP contribution in [-0.4, -0.2) is 38.5 Å². The lowest BCUT2D eigenvalue weighted by atomic mass is 9.89. The lowest BCUT2D eigenvalue weighted by molar-refractivity contribution is -0.0101. The monoisotopic (exact) mass is 229 g/mol. The van der Waals surface area contributed by atoms with Gasteiger partial charge >= 0.3 is 0 Å². The van der Waals surface area contributed by atoms with Gasteiger partial charge in [0, 0.05) is 25.9 Å². The van der Waals surface area contributed by atoms with Crippen LogP contribution in [0.5, 0.6) is 0 Å². The van der Waals surface area contributed by atoms with Crippen LogP contribution in [0.2, 0.25) is 0 Å². The zero-order chi connectivity index (χ0) is 11.6. The molecule has 3 heteroatoms. The predicted octanol–water partition coefficient (Wildman–Crippen LogP) is 2.35. The van der Waals surface area contributed by atoms with Gasteiger partial charge in [-0.2, -0.15) is 0 Å². The van der Waals surface area contributed by atoms with Crippen molar-refractivity contribution in [1.29, 1.82) is 0 Å². The summed E-state index contributed by atoms with van der Waals surface area (Å²) in [5.74, 6) is 0. The Hall–Kier alpha value is -0.120. The van der Waals surface area contributed by atoms with E-state index in [1.54, 1.807) is 0 Å². The molecule has 3 nitrogen and oxygen atoms in total. The smallest absolute Gasteiger partial charge is 0.0604 e. The molecule has 16 heavy (non-hydrogen) atoms. The van der Waals surface area contributed by atoms with Crippen molar-refractivity contribution in [3.8, 4) is 0 Å². The minimum Gasteiger partial charge on any atom is -0.381 e. The minimum absolute atomic E-state index is 0.517. The molecule has 1 aliphatic rings. The molecule has 1 fully saturated rings. The van der Waals surface area contributed by atoms with Gasteiger partial charge in [-0.05, 0) is 39.2 Å². The molecule has 0 radical (unpaired) electrons. The van der Waals surface area contributed by atoms with Crippen molar-refractivity contribution in [2.75, 3.05) is 26.4 Å². The Morgan fingerprint density at radius 1 is 1.12 bits per heavy atom.